The van der Waals surface area contributed by atoms with E-state index in [0.29, 0.717) is 5.82 Å². The van der Waals surface area contributed by atoms with Crippen LogP contribution < -0.4 is 10.6 Å². The molecule has 1 aromatic carbocycles. The van der Waals surface area contributed by atoms with Crippen molar-refractivity contribution in [3.63, 3.8) is 0 Å². The van der Waals surface area contributed by atoms with Gasteiger partial charge in [-0.05, 0) is 49.1 Å². The number of aliphatic hydroxyl groups excluding tert-OH is 1. The van der Waals surface area contributed by atoms with E-state index in [0.717, 1.165) is 41.3 Å². The highest BCUT2D eigenvalue weighted by molar-refractivity contribution is 7.98. The van der Waals surface area contributed by atoms with Crippen LogP contribution in [0.3, 0.4) is 0 Å². The molecule has 2 heterocycles. The number of thioether (sulfide) groups is 1. The molecule has 3 rings (SSSR count). The van der Waals surface area contributed by atoms with E-state index in [1.54, 1.807) is 18.0 Å². The average molecular weight is 413 g/mol. The molecule has 0 aliphatic heterocycles. The lowest BCUT2D eigenvalue weighted by Gasteiger charge is -2.13. The molecule has 0 saturated carbocycles. The van der Waals surface area contributed by atoms with Crippen LogP contribution in [-0.4, -0.2) is 52.5 Å². The van der Waals surface area contributed by atoms with Crippen LogP contribution in [0, 0.1) is 12.3 Å². The first kappa shape index (κ1) is 22.6. The Morgan fingerprint density at radius 2 is 2.00 bits per heavy atom. The molecule has 5 N–H and O–H groups in total. The number of aromatic nitrogens is 3. The minimum Gasteiger partial charge on any atom is -0.395 e. The summed E-state index contributed by atoms with van der Waals surface area (Å²) >= 11 is 1.71. The Kier molecular flexibility index (Phi) is 9.36. The van der Waals surface area contributed by atoms with Gasteiger partial charge in [0.05, 0.1) is 12.8 Å². The van der Waals surface area contributed by atoms with Crippen molar-refractivity contribution >= 4 is 29.6 Å². The summed E-state index contributed by atoms with van der Waals surface area (Å²) in [5.41, 5.74) is 3.70. The van der Waals surface area contributed by atoms with Gasteiger partial charge in [-0.1, -0.05) is 19.1 Å². The molecule has 29 heavy (non-hydrogen) atoms. The molecule has 154 valence electrons. The first-order valence-electron chi connectivity index (χ1n) is 9.37. The fourth-order valence-corrected chi connectivity index (χ4v) is 3.05. The number of hydrogen-bond donors (Lipinski definition) is 5. The molecule has 0 radical (unpaired) electrons. The van der Waals surface area contributed by atoms with Gasteiger partial charge in [0, 0.05) is 35.0 Å². The number of anilines is 2. The zero-order valence-electron chi connectivity index (χ0n) is 17.0. The number of aryl methyl sites for hydroxylation is 1. The number of pyridine rings is 1. The van der Waals surface area contributed by atoms with E-state index in [1.165, 1.54) is 11.1 Å². The smallest absolute Gasteiger partial charge is 0.141 e. The average Bonchev–Trinajstić information content (AvgIpc) is 3.25. The molecule has 2 aromatic heterocycles. The summed E-state index contributed by atoms with van der Waals surface area (Å²) in [7, 11) is 0. The third-order valence-electron chi connectivity index (χ3n) is 4.02. The first-order chi connectivity index (χ1) is 14.1. The van der Waals surface area contributed by atoms with E-state index in [2.05, 4.69) is 56.3 Å². The standard InChI is InChI=1S/C17H17N5S.C4H11NO/c1-11-9-14(12-3-5-13(23-2)6-4-12)15(10-18)17(20-11)21-16-7-8-19-22-16;1-2-5-3-4-6/h3-10,18H,1-2H3,(H2,19,20,21,22);5-6H,2-4H2,1H3. The third-order valence-corrected chi connectivity index (χ3v) is 4.77. The van der Waals surface area contributed by atoms with Crippen molar-refractivity contribution in [3.8, 4) is 11.1 Å². The van der Waals surface area contributed by atoms with Crippen molar-refractivity contribution in [2.24, 2.45) is 0 Å². The van der Waals surface area contributed by atoms with Gasteiger partial charge in [-0.2, -0.15) is 5.10 Å². The van der Waals surface area contributed by atoms with Crippen molar-refractivity contribution in [2.75, 3.05) is 31.3 Å². The summed E-state index contributed by atoms with van der Waals surface area (Å²) in [6.07, 6.45) is 5.06. The van der Waals surface area contributed by atoms with Gasteiger partial charge in [0.1, 0.15) is 11.6 Å². The maximum atomic E-state index is 8.13. The van der Waals surface area contributed by atoms with Crippen LogP contribution >= 0.6 is 11.8 Å². The topological polar surface area (TPSA) is 110 Å². The minimum absolute atomic E-state index is 0.244. The number of H-pyrrole nitrogens is 1. The Labute approximate surface area is 175 Å². The number of nitrogens with one attached hydrogen (secondary N) is 4. The van der Waals surface area contributed by atoms with Gasteiger partial charge in [0.25, 0.3) is 0 Å². The second kappa shape index (κ2) is 12.0. The van der Waals surface area contributed by atoms with Crippen molar-refractivity contribution < 1.29 is 5.11 Å². The van der Waals surface area contributed by atoms with E-state index in [1.807, 2.05) is 26.0 Å². The molecule has 0 aliphatic rings. The van der Waals surface area contributed by atoms with Gasteiger partial charge in [-0.25, -0.2) is 4.98 Å². The molecule has 0 saturated heterocycles. The minimum atomic E-state index is 0.244. The highest BCUT2D eigenvalue weighted by Gasteiger charge is 2.12. The first-order valence-corrected chi connectivity index (χ1v) is 10.6. The summed E-state index contributed by atoms with van der Waals surface area (Å²) in [6, 6.07) is 12.2. The number of aliphatic hydroxyl groups is 1. The van der Waals surface area contributed by atoms with Gasteiger partial charge in [0.15, 0.2) is 0 Å². The quantitative estimate of drug-likeness (QED) is 0.218. The van der Waals surface area contributed by atoms with Crippen LogP contribution in [0.5, 0.6) is 0 Å². The molecule has 0 unspecified atom stereocenters. The van der Waals surface area contributed by atoms with E-state index < -0.39 is 0 Å². The molecular formula is C21H28N6OS. The Morgan fingerprint density at radius 1 is 1.24 bits per heavy atom. The number of aromatic amines is 1. The van der Waals surface area contributed by atoms with E-state index >= 15 is 0 Å². The third kappa shape index (κ3) is 6.70. The largest absolute Gasteiger partial charge is 0.395 e. The molecule has 0 bridgehead atoms. The summed E-state index contributed by atoms with van der Waals surface area (Å²) < 4.78 is 0. The van der Waals surface area contributed by atoms with Crippen LogP contribution in [0.2, 0.25) is 0 Å². The maximum Gasteiger partial charge on any atom is 0.141 e. The van der Waals surface area contributed by atoms with Crippen molar-refractivity contribution in [1.29, 1.82) is 5.41 Å². The highest BCUT2D eigenvalue weighted by atomic mass is 32.2. The predicted molar refractivity (Wildman–Crippen MR) is 122 cm³/mol. The number of nitrogens with zero attached hydrogens (tertiary/aromatic N) is 2. The molecule has 0 fully saturated rings. The van der Waals surface area contributed by atoms with Crippen LogP contribution in [0.15, 0.2) is 47.5 Å². The number of hydrogen-bond acceptors (Lipinski definition) is 7. The van der Waals surface area contributed by atoms with E-state index in [9.17, 15) is 0 Å². The van der Waals surface area contributed by atoms with Gasteiger partial charge >= 0.3 is 0 Å². The number of likely N-dealkylation sites (N-methyl/N-ethyl adjacent to an activating group) is 1. The number of benzene rings is 1. The van der Waals surface area contributed by atoms with Crippen LogP contribution in [-0.2, 0) is 0 Å². The molecule has 0 atom stereocenters. The normalized spacial score (nSPS) is 10.2. The fraction of sp³-hybridized carbons (Fsp3) is 0.286. The van der Waals surface area contributed by atoms with Crippen molar-refractivity contribution in [2.45, 2.75) is 18.7 Å². The molecule has 8 heteroatoms. The van der Waals surface area contributed by atoms with Crippen molar-refractivity contribution in [1.82, 2.24) is 20.5 Å². The zero-order valence-corrected chi connectivity index (χ0v) is 17.8. The second-order valence-corrected chi connectivity index (χ2v) is 7.00. The van der Waals surface area contributed by atoms with E-state index in [4.69, 9.17) is 10.5 Å². The van der Waals surface area contributed by atoms with Crippen LogP contribution in [0.1, 0.15) is 18.2 Å². The van der Waals surface area contributed by atoms with Gasteiger partial charge in [-0.15, -0.1) is 11.8 Å². The Balaban J connectivity index is 0.000000438. The van der Waals surface area contributed by atoms with Gasteiger partial charge in [-0.3, -0.25) is 5.10 Å². The summed E-state index contributed by atoms with van der Waals surface area (Å²) in [5, 5.41) is 28.9. The molecular weight excluding hydrogens is 384 g/mol. The van der Waals surface area contributed by atoms with Crippen LogP contribution in [0.25, 0.3) is 11.1 Å². The van der Waals surface area contributed by atoms with Gasteiger partial charge < -0.3 is 21.1 Å². The maximum absolute atomic E-state index is 8.13. The van der Waals surface area contributed by atoms with Crippen molar-refractivity contribution in [3.05, 3.63) is 53.9 Å². The molecule has 0 amide bonds. The van der Waals surface area contributed by atoms with Crippen LogP contribution in [0.4, 0.5) is 11.6 Å². The lowest BCUT2D eigenvalue weighted by atomic mass is 10.0. The Hall–Kier alpha value is -2.68. The second-order valence-electron chi connectivity index (χ2n) is 6.12. The molecule has 0 spiro atoms. The number of rotatable bonds is 8. The summed E-state index contributed by atoms with van der Waals surface area (Å²) in [6.45, 7) is 5.87. The zero-order chi connectivity index (χ0) is 21.1. The Bertz CT molecular complexity index is 877. The predicted octanol–water partition coefficient (Wildman–Crippen LogP) is 3.83. The monoisotopic (exact) mass is 412 g/mol. The molecule has 3 aromatic rings. The summed E-state index contributed by atoms with van der Waals surface area (Å²) in [5.74, 6) is 1.39. The molecule has 0 aliphatic carbocycles. The SMILES string of the molecule is CCNCCO.CSc1ccc(-c2cc(C)nc(Nc3ccn[nH]3)c2C=N)cc1. The summed E-state index contributed by atoms with van der Waals surface area (Å²) in [4.78, 5) is 5.74. The van der Waals surface area contributed by atoms with E-state index in [-0.39, 0.29) is 6.61 Å². The highest BCUT2D eigenvalue weighted by Crippen LogP contribution is 2.30. The van der Waals surface area contributed by atoms with Gasteiger partial charge in [0.2, 0.25) is 0 Å². The Morgan fingerprint density at radius 3 is 2.52 bits per heavy atom. The fourth-order valence-electron chi connectivity index (χ4n) is 2.64. The molecule has 7 nitrogen and oxygen atoms in total. The lowest BCUT2D eigenvalue weighted by Crippen LogP contribution is -2.16. The lowest BCUT2D eigenvalue weighted by molar-refractivity contribution is 0.293.